The van der Waals surface area contributed by atoms with E-state index in [-0.39, 0.29) is 17.3 Å². The Morgan fingerprint density at radius 3 is 2.64 bits per heavy atom. The Labute approximate surface area is 172 Å². The van der Waals surface area contributed by atoms with Crippen molar-refractivity contribution < 1.29 is 8.42 Å². The Kier molecular flexibility index (Phi) is 6.67. The van der Waals surface area contributed by atoms with E-state index in [1.165, 1.54) is 11.1 Å². The molecule has 0 bridgehead atoms. The fourth-order valence-electron chi connectivity index (χ4n) is 3.63. The van der Waals surface area contributed by atoms with Crippen molar-refractivity contribution in [1.29, 1.82) is 0 Å². The van der Waals surface area contributed by atoms with Crippen LogP contribution in [0.2, 0.25) is 0 Å². The summed E-state index contributed by atoms with van der Waals surface area (Å²) in [6.07, 6.45) is 3.46. The molecule has 4 rings (SSSR count). The predicted octanol–water partition coefficient (Wildman–Crippen LogP) is 3.38. The van der Waals surface area contributed by atoms with Gasteiger partial charge >= 0.3 is 0 Å². The first kappa shape index (κ1) is 20.7. The van der Waals surface area contributed by atoms with Gasteiger partial charge in [-0.25, -0.2) is 13.1 Å². The zero-order valence-corrected chi connectivity index (χ0v) is 17.2. The van der Waals surface area contributed by atoms with Gasteiger partial charge < -0.3 is 0 Å². The van der Waals surface area contributed by atoms with Gasteiger partial charge in [0.1, 0.15) is 4.90 Å². The van der Waals surface area contributed by atoms with Crippen LogP contribution >= 0.6 is 12.4 Å². The van der Waals surface area contributed by atoms with Crippen molar-refractivity contribution in [2.75, 3.05) is 19.6 Å². The van der Waals surface area contributed by atoms with Crippen LogP contribution in [-0.4, -0.2) is 37.9 Å². The van der Waals surface area contributed by atoms with Gasteiger partial charge in [-0.05, 0) is 42.6 Å². The molecule has 2 aromatic carbocycles. The van der Waals surface area contributed by atoms with E-state index in [2.05, 4.69) is 38.9 Å². The molecule has 1 aromatic heterocycles. The molecule has 0 fully saturated rings. The lowest BCUT2D eigenvalue weighted by Crippen LogP contribution is -2.33. The van der Waals surface area contributed by atoms with E-state index in [1.807, 2.05) is 18.2 Å². The molecular formula is C21H24ClN3O2S. The summed E-state index contributed by atoms with van der Waals surface area (Å²) in [5.41, 5.74) is 3.32. The third-order valence-electron chi connectivity index (χ3n) is 5.04. The topological polar surface area (TPSA) is 62.3 Å². The average molecular weight is 418 g/mol. The Morgan fingerprint density at radius 2 is 1.79 bits per heavy atom. The fraction of sp³-hybridized carbons (Fsp3) is 0.286. The van der Waals surface area contributed by atoms with Crippen LogP contribution in [0.5, 0.6) is 0 Å². The standard InChI is InChI=1S/C21H23N3O2S.ClH/c25-27(26,20-10-3-8-18-9-4-12-22-21(18)20)23-13-5-14-24-15-11-17-6-1-2-7-19(17)16-24;/h1-4,6-10,12,23H,5,11,13-16H2;1H. The molecule has 1 aliphatic heterocycles. The number of sulfonamides is 1. The number of para-hydroxylation sites is 1. The SMILES string of the molecule is Cl.O=S(=O)(NCCCN1CCc2ccccc2C1)c1cccc2cccnc12. The van der Waals surface area contributed by atoms with E-state index in [4.69, 9.17) is 0 Å². The third kappa shape index (κ3) is 4.52. The van der Waals surface area contributed by atoms with E-state index < -0.39 is 10.0 Å². The van der Waals surface area contributed by atoms with Crippen molar-refractivity contribution in [2.24, 2.45) is 0 Å². The van der Waals surface area contributed by atoms with E-state index in [0.717, 1.165) is 37.9 Å². The van der Waals surface area contributed by atoms with Gasteiger partial charge in [0, 0.05) is 31.2 Å². The molecule has 0 aliphatic carbocycles. The third-order valence-corrected chi connectivity index (χ3v) is 6.53. The van der Waals surface area contributed by atoms with Crippen LogP contribution in [0.25, 0.3) is 10.9 Å². The summed E-state index contributed by atoms with van der Waals surface area (Å²) in [6.45, 7) is 3.27. The highest BCUT2D eigenvalue weighted by Crippen LogP contribution is 2.21. The molecule has 0 spiro atoms. The number of pyridine rings is 1. The van der Waals surface area contributed by atoms with Gasteiger partial charge in [0.05, 0.1) is 5.52 Å². The molecule has 5 nitrogen and oxygen atoms in total. The average Bonchev–Trinajstić information content (AvgIpc) is 2.70. The van der Waals surface area contributed by atoms with Gasteiger partial charge in [-0.3, -0.25) is 9.88 Å². The van der Waals surface area contributed by atoms with Crippen LogP contribution in [0.1, 0.15) is 17.5 Å². The Bertz CT molecular complexity index is 1050. The maximum Gasteiger partial charge on any atom is 0.242 e. The molecule has 28 heavy (non-hydrogen) atoms. The van der Waals surface area contributed by atoms with E-state index >= 15 is 0 Å². The molecular weight excluding hydrogens is 394 g/mol. The number of nitrogens with zero attached hydrogens (tertiary/aromatic N) is 2. The molecule has 1 aliphatic rings. The van der Waals surface area contributed by atoms with Crippen LogP contribution in [0.3, 0.4) is 0 Å². The van der Waals surface area contributed by atoms with Gasteiger partial charge in [0.2, 0.25) is 10.0 Å². The van der Waals surface area contributed by atoms with Crippen LogP contribution in [-0.2, 0) is 23.0 Å². The van der Waals surface area contributed by atoms with Gasteiger partial charge in [0.25, 0.3) is 0 Å². The molecule has 0 amide bonds. The predicted molar refractivity (Wildman–Crippen MR) is 114 cm³/mol. The molecule has 7 heteroatoms. The van der Waals surface area contributed by atoms with Crippen molar-refractivity contribution in [3.05, 3.63) is 71.9 Å². The van der Waals surface area contributed by atoms with Crippen LogP contribution in [0, 0.1) is 0 Å². The number of hydrogen-bond acceptors (Lipinski definition) is 4. The minimum Gasteiger partial charge on any atom is -0.299 e. The zero-order chi connectivity index (χ0) is 18.7. The van der Waals surface area contributed by atoms with Crippen molar-refractivity contribution in [1.82, 2.24) is 14.6 Å². The van der Waals surface area contributed by atoms with E-state index in [1.54, 1.807) is 18.3 Å². The Morgan fingerprint density at radius 1 is 1.00 bits per heavy atom. The minimum atomic E-state index is -3.57. The molecule has 3 aromatic rings. The molecule has 0 saturated heterocycles. The summed E-state index contributed by atoms with van der Waals surface area (Å²) in [5.74, 6) is 0. The quantitative estimate of drug-likeness (QED) is 0.624. The number of nitrogens with one attached hydrogen (secondary N) is 1. The summed E-state index contributed by atoms with van der Waals surface area (Å²) in [4.78, 5) is 6.87. The normalized spacial score (nSPS) is 14.4. The van der Waals surface area contributed by atoms with Gasteiger partial charge in [-0.2, -0.15) is 0 Å². The summed E-state index contributed by atoms with van der Waals surface area (Å²) in [6, 6.07) is 17.5. The van der Waals surface area contributed by atoms with Crippen molar-refractivity contribution in [3.63, 3.8) is 0 Å². The number of halogens is 1. The second kappa shape index (κ2) is 9.01. The van der Waals surface area contributed by atoms with Crippen molar-refractivity contribution >= 4 is 33.3 Å². The summed E-state index contributed by atoms with van der Waals surface area (Å²) in [5, 5.41) is 0.826. The second-order valence-electron chi connectivity index (χ2n) is 6.88. The molecule has 2 heterocycles. The summed E-state index contributed by atoms with van der Waals surface area (Å²) in [7, 11) is -3.57. The first-order valence-electron chi connectivity index (χ1n) is 9.26. The highest BCUT2D eigenvalue weighted by molar-refractivity contribution is 7.89. The first-order chi connectivity index (χ1) is 13.1. The zero-order valence-electron chi connectivity index (χ0n) is 15.5. The lowest BCUT2D eigenvalue weighted by molar-refractivity contribution is 0.251. The van der Waals surface area contributed by atoms with Crippen molar-refractivity contribution in [2.45, 2.75) is 24.3 Å². The van der Waals surface area contributed by atoms with E-state index in [0.29, 0.717) is 12.1 Å². The molecule has 0 saturated carbocycles. The first-order valence-corrected chi connectivity index (χ1v) is 10.7. The van der Waals surface area contributed by atoms with Gasteiger partial charge in [-0.1, -0.05) is 42.5 Å². The molecule has 1 N–H and O–H groups in total. The van der Waals surface area contributed by atoms with Crippen LogP contribution < -0.4 is 4.72 Å². The molecule has 0 radical (unpaired) electrons. The number of rotatable bonds is 6. The lowest BCUT2D eigenvalue weighted by Gasteiger charge is -2.28. The fourth-order valence-corrected chi connectivity index (χ4v) is 4.88. The molecule has 0 atom stereocenters. The molecule has 148 valence electrons. The summed E-state index contributed by atoms with van der Waals surface area (Å²) < 4.78 is 28.1. The Hall–Kier alpha value is -1.99. The highest BCUT2D eigenvalue weighted by atomic mass is 35.5. The number of benzene rings is 2. The van der Waals surface area contributed by atoms with Gasteiger partial charge in [0.15, 0.2) is 0 Å². The minimum absolute atomic E-state index is 0. The number of hydrogen-bond donors (Lipinski definition) is 1. The summed E-state index contributed by atoms with van der Waals surface area (Å²) >= 11 is 0. The highest BCUT2D eigenvalue weighted by Gasteiger charge is 2.18. The number of fused-ring (bicyclic) bond motifs is 2. The van der Waals surface area contributed by atoms with Gasteiger partial charge in [-0.15, -0.1) is 12.4 Å². The second-order valence-corrected chi connectivity index (χ2v) is 8.61. The van der Waals surface area contributed by atoms with Crippen LogP contribution in [0.4, 0.5) is 0 Å². The largest absolute Gasteiger partial charge is 0.299 e. The molecule has 0 unspecified atom stereocenters. The van der Waals surface area contributed by atoms with E-state index in [9.17, 15) is 8.42 Å². The van der Waals surface area contributed by atoms with Crippen molar-refractivity contribution in [3.8, 4) is 0 Å². The number of aromatic nitrogens is 1. The monoisotopic (exact) mass is 417 g/mol. The maximum absolute atomic E-state index is 12.7. The maximum atomic E-state index is 12.7. The van der Waals surface area contributed by atoms with Crippen LogP contribution in [0.15, 0.2) is 65.7 Å². The Balaban J connectivity index is 0.00000225. The smallest absolute Gasteiger partial charge is 0.242 e. The lowest BCUT2D eigenvalue weighted by atomic mass is 10.00.